The Hall–Kier alpha value is -1.51. The van der Waals surface area contributed by atoms with Crippen LogP contribution in [-0.2, 0) is 10.0 Å². The number of halogens is 1. The first-order valence-electron chi connectivity index (χ1n) is 6.55. The van der Waals surface area contributed by atoms with E-state index in [0.29, 0.717) is 15.1 Å². The predicted octanol–water partition coefficient (Wildman–Crippen LogP) is 4.02. The number of nitrogens with one attached hydrogen (secondary N) is 1. The second-order valence-electron chi connectivity index (χ2n) is 4.85. The van der Waals surface area contributed by atoms with Crippen LogP contribution < -0.4 is 4.72 Å². The third-order valence-corrected chi connectivity index (χ3v) is 5.66. The van der Waals surface area contributed by atoms with Crippen molar-refractivity contribution in [2.45, 2.75) is 9.79 Å². The van der Waals surface area contributed by atoms with E-state index in [4.69, 9.17) is 0 Å². The highest BCUT2D eigenvalue weighted by atomic mass is 79.9. The van der Waals surface area contributed by atoms with Gasteiger partial charge >= 0.3 is 0 Å². The van der Waals surface area contributed by atoms with Crippen molar-refractivity contribution < 1.29 is 13.2 Å². The van der Waals surface area contributed by atoms with Crippen LogP contribution in [0.3, 0.4) is 0 Å². The lowest BCUT2D eigenvalue weighted by atomic mass is 10.3. The standard InChI is InChI=1S/C15H15BrN2O3S2/c1-18(2)15(19)22-13-7-4-6-12(10-13)17-23(20,21)14-8-3-5-11(16)9-14/h3-10,17H,1-2H3. The van der Waals surface area contributed by atoms with Crippen molar-refractivity contribution in [2.75, 3.05) is 18.8 Å². The lowest BCUT2D eigenvalue weighted by Crippen LogP contribution is -2.16. The van der Waals surface area contributed by atoms with E-state index in [1.807, 2.05) is 0 Å². The number of nitrogens with zero attached hydrogens (tertiary/aromatic N) is 1. The normalized spacial score (nSPS) is 11.1. The molecule has 0 aliphatic rings. The van der Waals surface area contributed by atoms with E-state index in [2.05, 4.69) is 20.7 Å². The fourth-order valence-electron chi connectivity index (χ4n) is 1.66. The highest BCUT2D eigenvalue weighted by molar-refractivity contribution is 9.10. The number of carbonyl (C=O) groups excluding carboxylic acids is 1. The van der Waals surface area contributed by atoms with Gasteiger partial charge in [-0.05, 0) is 48.2 Å². The van der Waals surface area contributed by atoms with Crippen LogP contribution in [0.25, 0.3) is 0 Å². The maximum atomic E-state index is 12.4. The summed E-state index contributed by atoms with van der Waals surface area (Å²) in [5.74, 6) is 0. The van der Waals surface area contributed by atoms with E-state index in [9.17, 15) is 13.2 Å². The van der Waals surface area contributed by atoms with Gasteiger partial charge in [-0.15, -0.1) is 0 Å². The van der Waals surface area contributed by atoms with Gasteiger partial charge in [-0.3, -0.25) is 9.52 Å². The Bertz CT molecular complexity index is 823. The number of thioether (sulfide) groups is 1. The third kappa shape index (κ3) is 4.98. The maximum absolute atomic E-state index is 12.4. The quantitative estimate of drug-likeness (QED) is 0.766. The summed E-state index contributed by atoms with van der Waals surface area (Å²) in [5, 5.41) is -0.128. The minimum absolute atomic E-state index is 0.128. The van der Waals surface area contributed by atoms with E-state index in [-0.39, 0.29) is 10.1 Å². The average Bonchev–Trinajstić information content (AvgIpc) is 2.47. The summed E-state index contributed by atoms with van der Waals surface area (Å²) < 4.78 is 28.0. The average molecular weight is 415 g/mol. The molecule has 0 aliphatic heterocycles. The van der Waals surface area contributed by atoms with E-state index < -0.39 is 10.0 Å². The number of amides is 1. The molecule has 0 radical (unpaired) electrons. The van der Waals surface area contributed by atoms with Gasteiger partial charge in [0.05, 0.1) is 4.90 Å². The van der Waals surface area contributed by atoms with Crippen molar-refractivity contribution in [3.8, 4) is 0 Å². The molecule has 0 heterocycles. The van der Waals surface area contributed by atoms with Gasteiger partial charge in [0.2, 0.25) is 0 Å². The minimum atomic E-state index is -3.68. The third-order valence-electron chi connectivity index (χ3n) is 2.76. The molecule has 122 valence electrons. The van der Waals surface area contributed by atoms with Crippen LogP contribution in [0.15, 0.2) is 62.8 Å². The van der Waals surface area contributed by atoms with Crippen LogP contribution in [0.4, 0.5) is 10.5 Å². The molecule has 0 bridgehead atoms. The van der Waals surface area contributed by atoms with Crippen molar-refractivity contribution in [2.24, 2.45) is 0 Å². The second kappa shape index (κ2) is 7.37. The Kier molecular flexibility index (Phi) is 5.72. The summed E-state index contributed by atoms with van der Waals surface area (Å²) in [4.78, 5) is 14.0. The van der Waals surface area contributed by atoms with Crippen LogP contribution >= 0.6 is 27.7 Å². The monoisotopic (exact) mass is 414 g/mol. The van der Waals surface area contributed by atoms with E-state index >= 15 is 0 Å². The Morgan fingerprint density at radius 1 is 1.13 bits per heavy atom. The molecule has 0 atom stereocenters. The number of carbonyl (C=O) groups is 1. The summed E-state index contributed by atoms with van der Waals surface area (Å²) in [6, 6.07) is 13.2. The van der Waals surface area contributed by atoms with Gasteiger partial charge in [0, 0.05) is 29.2 Å². The van der Waals surface area contributed by atoms with E-state index in [1.54, 1.807) is 50.5 Å². The van der Waals surface area contributed by atoms with Gasteiger partial charge in [-0.1, -0.05) is 28.1 Å². The Balaban J connectivity index is 2.21. The summed E-state index contributed by atoms with van der Waals surface area (Å²) in [6.07, 6.45) is 0. The molecule has 0 aliphatic carbocycles. The molecule has 2 aromatic rings. The first-order chi connectivity index (χ1) is 10.8. The largest absolute Gasteiger partial charge is 0.339 e. The molecule has 1 amide bonds. The van der Waals surface area contributed by atoms with Crippen molar-refractivity contribution in [1.82, 2.24) is 4.90 Å². The summed E-state index contributed by atoms with van der Waals surface area (Å²) in [7, 11) is -0.358. The number of hydrogen-bond acceptors (Lipinski definition) is 4. The van der Waals surface area contributed by atoms with Gasteiger partial charge in [0.25, 0.3) is 15.3 Å². The summed E-state index contributed by atoms with van der Waals surface area (Å²) in [5.41, 5.74) is 0.404. The van der Waals surface area contributed by atoms with Gasteiger partial charge in [-0.25, -0.2) is 8.42 Å². The smallest absolute Gasteiger partial charge is 0.285 e. The SMILES string of the molecule is CN(C)C(=O)Sc1cccc(NS(=O)(=O)c2cccc(Br)c2)c1. The number of benzene rings is 2. The molecular formula is C15H15BrN2O3S2. The Labute approximate surface area is 148 Å². The van der Waals surface area contributed by atoms with Crippen molar-refractivity contribution in [1.29, 1.82) is 0 Å². The van der Waals surface area contributed by atoms with Crippen molar-refractivity contribution in [3.63, 3.8) is 0 Å². The van der Waals surface area contributed by atoms with E-state index in [0.717, 1.165) is 11.8 Å². The van der Waals surface area contributed by atoms with Crippen LogP contribution in [0.1, 0.15) is 0 Å². The second-order valence-corrected chi connectivity index (χ2v) is 8.48. The molecule has 8 heteroatoms. The maximum Gasteiger partial charge on any atom is 0.285 e. The molecule has 2 rings (SSSR count). The highest BCUT2D eigenvalue weighted by Gasteiger charge is 2.15. The topological polar surface area (TPSA) is 66.5 Å². The molecule has 0 saturated carbocycles. The van der Waals surface area contributed by atoms with Crippen molar-refractivity contribution >= 4 is 48.6 Å². The Morgan fingerprint density at radius 3 is 2.48 bits per heavy atom. The van der Waals surface area contributed by atoms with Gasteiger partial charge in [0.15, 0.2) is 0 Å². The molecule has 0 aromatic heterocycles. The van der Waals surface area contributed by atoms with Crippen LogP contribution in [-0.4, -0.2) is 32.7 Å². The van der Waals surface area contributed by atoms with Gasteiger partial charge < -0.3 is 4.90 Å². The molecule has 0 saturated heterocycles. The first-order valence-corrected chi connectivity index (χ1v) is 9.65. The molecule has 0 fully saturated rings. The zero-order valence-corrected chi connectivity index (χ0v) is 15.7. The number of anilines is 1. The van der Waals surface area contributed by atoms with Gasteiger partial charge in [-0.2, -0.15) is 0 Å². The fraction of sp³-hybridized carbons (Fsp3) is 0.133. The van der Waals surface area contributed by atoms with Crippen molar-refractivity contribution in [3.05, 3.63) is 53.0 Å². The predicted molar refractivity (Wildman–Crippen MR) is 96.3 cm³/mol. The van der Waals surface area contributed by atoms with Gasteiger partial charge in [0.1, 0.15) is 0 Å². The van der Waals surface area contributed by atoms with E-state index in [1.165, 1.54) is 17.0 Å². The first kappa shape index (κ1) is 17.8. The zero-order chi connectivity index (χ0) is 17.0. The highest BCUT2D eigenvalue weighted by Crippen LogP contribution is 2.25. The Morgan fingerprint density at radius 2 is 1.83 bits per heavy atom. The molecule has 0 spiro atoms. The zero-order valence-electron chi connectivity index (χ0n) is 12.5. The molecule has 5 nitrogen and oxygen atoms in total. The number of rotatable bonds is 4. The lowest BCUT2D eigenvalue weighted by Gasteiger charge is -2.11. The van der Waals surface area contributed by atoms with Crippen LogP contribution in [0, 0.1) is 0 Å². The summed E-state index contributed by atoms with van der Waals surface area (Å²) >= 11 is 4.29. The molecule has 23 heavy (non-hydrogen) atoms. The van der Waals surface area contributed by atoms with Crippen LogP contribution in [0.2, 0.25) is 0 Å². The number of hydrogen-bond donors (Lipinski definition) is 1. The molecular weight excluding hydrogens is 400 g/mol. The minimum Gasteiger partial charge on any atom is -0.339 e. The molecule has 0 unspecified atom stereocenters. The molecule has 2 aromatic carbocycles. The molecule has 1 N–H and O–H groups in total. The number of sulfonamides is 1. The van der Waals surface area contributed by atoms with Crippen LogP contribution in [0.5, 0.6) is 0 Å². The summed E-state index contributed by atoms with van der Waals surface area (Å²) in [6.45, 7) is 0. The lowest BCUT2D eigenvalue weighted by molar-refractivity contribution is 0.241. The fourth-order valence-corrected chi connectivity index (χ4v) is 4.03.